The van der Waals surface area contributed by atoms with Crippen molar-refractivity contribution in [1.82, 2.24) is 5.32 Å². The molecule has 0 bridgehead atoms. The first-order chi connectivity index (χ1) is 10.6. The summed E-state index contributed by atoms with van der Waals surface area (Å²) in [6.07, 6.45) is 2.03. The molecule has 0 spiro atoms. The number of hydrogen-bond donors (Lipinski definition) is 2. The summed E-state index contributed by atoms with van der Waals surface area (Å²) in [7, 11) is 0. The van der Waals surface area contributed by atoms with Crippen molar-refractivity contribution in [3.05, 3.63) is 65.5 Å². The first kappa shape index (κ1) is 16.4. The molecule has 0 unspecified atom stereocenters. The van der Waals surface area contributed by atoms with Gasteiger partial charge in [0.1, 0.15) is 5.82 Å². The minimum atomic E-state index is -0.235. The van der Waals surface area contributed by atoms with E-state index in [-0.39, 0.29) is 11.9 Å². The topological polar surface area (TPSA) is 24.1 Å². The zero-order valence-corrected chi connectivity index (χ0v) is 13.7. The van der Waals surface area contributed by atoms with Crippen molar-refractivity contribution in [2.75, 3.05) is 5.32 Å². The molecule has 0 aliphatic carbocycles. The lowest BCUT2D eigenvalue weighted by molar-refractivity contribution is 0.584. The van der Waals surface area contributed by atoms with Crippen molar-refractivity contribution in [3.8, 4) is 0 Å². The van der Waals surface area contributed by atoms with Crippen LogP contribution >= 0.6 is 12.2 Å². The maximum Gasteiger partial charge on any atom is 0.171 e. The fraction of sp³-hybridized carbons (Fsp3) is 0.278. The fourth-order valence-corrected chi connectivity index (χ4v) is 2.55. The third kappa shape index (κ3) is 4.53. The van der Waals surface area contributed by atoms with Crippen LogP contribution in [0.5, 0.6) is 0 Å². The molecule has 2 aromatic carbocycles. The molecular formula is C18H21FN2S. The van der Waals surface area contributed by atoms with E-state index in [2.05, 4.69) is 29.7 Å². The van der Waals surface area contributed by atoms with Gasteiger partial charge in [0.05, 0.1) is 6.04 Å². The average Bonchev–Trinajstić information content (AvgIpc) is 2.51. The molecule has 0 saturated heterocycles. The predicted molar refractivity (Wildman–Crippen MR) is 94.6 cm³/mol. The molecule has 0 aliphatic rings. The van der Waals surface area contributed by atoms with Gasteiger partial charge in [0, 0.05) is 5.69 Å². The third-order valence-corrected chi connectivity index (χ3v) is 3.73. The van der Waals surface area contributed by atoms with Gasteiger partial charge in [0.2, 0.25) is 0 Å². The second-order valence-corrected chi connectivity index (χ2v) is 5.72. The molecule has 2 aromatic rings. The number of aryl methyl sites for hydroxylation is 1. The number of hydrogen-bond acceptors (Lipinski definition) is 1. The van der Waals surface area contributed by atoms with E-state index in [0.29, 0.717) is 16.4 Å². The Hall–Kier alpha value is -1.94. The summed E-state index contributed by atoms with van der Waals surface area (Å²) in [5.41, 5.74) is 2.48. The summed E-state index contributed by atoms with van der Waals surface area (Å²) in [5, 5.41) is 6.87. The molecule has 1 atom stereocenters. The zero-order valence-electron chi connectivity index (χ0n) is 12.9. The Kier molecular flexibility index (Phi) is 5.90. The standard InChI is InChI=1S/C18H21FN2S/c1-3-7-17(14-8-5-4-6-9-14)21-18(22)20-15-11-10-13(2)16(19)12-15/h4-6,8-12,17H,3,7H2,1-2H3,(H2,20,21,22)/t17-/m1/s1. The average molecular weight is 316 g/mol. The summed E-state index contributed by atoms with van der Waals surface area (Å²) < 4.78 is 13.6. The largest absolute Gasteiger partial charge is 0.356 e. The van der Waals surface area contributed by atoms with Crippen LogP contribution in [-0.4, -0.2) is 5.11 Å². The van der Waals surface area contributed by atoms with E-state index >= 15 is 0 Å². The molecule has 22 heavy (non-hydrogen) atoms. The van der Waals surface area contributed by atoms with Crippen molar-refractivity contribution in [2.24, 2.45) is 0 Å². The number of nitrogens with one attached hydrogen (secondary N) is 2. The molecule has 0 aliphatic heterocycles. The molecule has 2 nitrogen and oxygen atoms in total. The van der Waals surface area contributed by atoms with E-state index in [9.17, 15) is 4.39 Å². The molecule has 4 heteroatoms. The minimum absolute atomic E-state index is 0.154. The molecule has 0 radical (unpaired) electrons. The molecule has 0 fully saturated rings. The van der Waals surface area contributed by atoms with Crippen molar-refractivity contribution < 1.29 is 4.39 Å². The van der Waals surface area contributed by atoms with Crippen molar-refractivity contribution in [2.45, 2.75) is 32.7 Å². The van der Waals surface area contributed by atoms with Gasteiger partial charge < -0.3 is 10.6 Å². The van der Waals surface area contributed by atoms with Crippen LogP contribution in [0.4, 0.5) is 10.1 Å². The summed E-state index contributed by atoms with van der Waals surface area (Å²) in [5.74, 6) is -0.235. The van der Waals surface area contributed by atoms with Gasteiger partial charge in [-0.05, 0) is 48.8 Å². The van der Waals surface area contributed by atoms with Crippen LogP contribution in [0.15, 0.2) is 48.5 Å². The van der Waals surface area contributed by atoms with E-state index in [1.165, 1.54) is 11.6 Å². The van der Waals surface area contributed by atoms with Crippen molar-refractivity contribution >= 4 is 23.0 Å². The van der Waals surface area contributed by atoms with Gasteiger partial charge in [-0.25, -0.2) is 4.39 Å². The Labute approximate surface area is 136 Å². The number of anilines is 1. The molecule has 0 aromatic heterocycles. The van der Waals surface area contributed by atoms with Crippen LogP contribution in [-0.2, 0) is 0 Å². The van der Waals surface area contributed by atoms with Crippen LogP contribution < -0.4 is 10.6 Å². The van der Waals surface area contributed by atoms with Gasteiger partial charge in [-0.15, -0.1) is 0 Å². The SMILES string of the molecule is CCC[C@@H](NC(=S)Nc1ccc(C)c(F)c1)c1ccccc1. The van der Waals surface area contributed by atoms with Gasteiger partial charge in [-0.2, -0.15) is 0 Å². The minimum Gasteiger partial charge on any atom is -0.356 e. The fourth-order valence-electron chi connectivity index (χ4n) is 2.29. The first-order valence-corrected chi connectivity index (χ1v) is 7.89. The van der Waals surface area contributed by atoms with Gasteiger partial charge in [-0.3, -0.25) is 0 Å². The highest BCUT2D eigenvalue weighted by molar-refractivity contribution is 7.80. The third-order valence-electron chi connectivity index (χ3n) is 3.51. The van der Waals surface area contributed by atoms with Crippen LogP contribution in [0.3, 0.4) is 0 Å². The lowest BCUT2D eigenvalue weighted by Crippen LogP contribution is -2.32. The normalized spacial score (nSPS) is 11.8. The number of benzene rings is 2. The summed E-state index contributed by atoms with van der Waals surface area (Å²) in [6.45, 7) is 3.88. The lowest BCUT2D eigenvalue weighted by Gasteiger charge is -2.21. The Morgan fingerprint density at radius 1 is 1.18 bits per heavy atom. The maximum absolute atomic E-state index is 13.6. The van der Waals surface area contributed by atoms with E-state index in [4.69, 9.17) is 12.2 Å². The Bertz CT molecular complexity index is 628. The summed E-state index contributed by atoms with van der Waals surface area (Å²) in [4.78, 5) is 0. The molecule has 0 saturated carbocycles. The van der Waals surface area contributed by atoms with Gasteiger partial charge in [0.15, 0.2) is 5.11 Å². The van der Waals surface area contributed by atoms with Crippen molar-refractivity contribution in [1.29, 1.82) is 0 Å². The zero-order chi connectivity index (χ0) is 15.9. The number of halogens is 1. The maximum atomic E-state index is 13.6. The molecule has 0 amide bonds. The second kappa shape index (κ2) is 7.90. The van der Waals surface area contributed by atoms with E-state index in [1.807, 2.05) is 24.3 Å². The van der Waals surface area contributed by atoms with Crippen LogP contribution in [0.25, 0.3) is 0 Å². The summed E-state index contributed by atoms with van der Waals surface area (Å²) in [6, 6.07) is 15.4. The van der Waals surface area contributed by atoms with Crippen LogP contribution in [0.2, 0.25) is 0 Å². The predicted octanol–water partition coefficient (Wildman–Crippen LogP) is 4.96. The van der Waals surface area contributed by atoms with Crippen molar-refractivity contribution in [3.63, 3.8) is 0 Å². The van der Waals surface area contributed by atoms with Gasteiger partial charge in [0.25, 0.3) is 0 Å². The second-order valence-electron chi connectivity index (χ2n) is 5.31. The smallest absolute Gasteiger partial charge is 0.171 e. The highest BCUT2D eigenvalue weighted by atomic mass is 32.1. The quantitative estimate of drug-likeness (QED) is 0.762. The lowest BCUT2D eigenvalue weighted by atomic mass is 10.0. The van der Waals surface area contributed by atoms with Crippen LogP contribution in [0.1, 0.15) is 36.9 Å². The molecular weight excluding hydrogens is 295 g/mol. The van der Waals surface area contributed by atoms with E-state index < -0.39 is 0 Å². The van der Waals surface area contributed by atoms with E-state index in [0.717, 1.165) is 12.8 Å². The molecule has 2 N–H and O–H groups in total. The highest BCUT2D eigenvalue weighted by Crippen LogP contribution is 2.19. The van der Waals surface area contributed by atoms with Crippen LogP contribution in [0, 0.1) is 12.7 Å². The molecule has 0 heterocycles. The highest BCUT2D eigenvalue weighted by Gasteiger charge is 2.11. The monoisotopic (exact) mass is 316 g/mol. The van der Waals surface area contributed by atoms with Gasteiger partial charge >= 0.3 is 0 Å². The Morgan fingerprint density at radius 3 is 2.55 bits per heavy atom. The Balaban J connectivity index is 2.03. The van der Waals surface area contributed by atoms with Gasteiger partial charge in [-0.1, -0.05) is 49.7 Å². The Morgan fingerprint density at radius 2 is 1.91 bits per heavy atom. The molecule has 2 rings (SSSR count). The molecule has 116 valence electrons. The summed E-state index contributed by atoms with van der Waals surface area (Å²) >= 11 is 5.36. The number of thiocarbonyl (C=S) groups is 1. The van der Waals surface area contributed by atoms with E-state index in [1.54, 1.807) is 13.0 Å². The number of rotatable bonds is 5. The first-order valence-electron chi connectivity index (χ1n) is 7.48.